The van der Waals surface area contributed by atoms with Crippen molar-refractivity contribution in [2.24, 2.45) is 0 Å². The first-order valence-corrected chi connectivity index (χ1v) is 14.5. The molecule has 0 unspecified atom stereocenters. The van der Waals surface area contributed by atoms with Crippen molar-refractivity contribution < 1.29 is 22.7 Å². The van der Waals surface area contributed by atoms with Crippen LogP contribution in [0.15, 0.2) is 77.7 Å². The van der Waals surface area contributed by atoms with Crippen LogP contribution in [0.25, 0.3) is 0 Å². The Labute approximate surface area is 235 Å². The molecule has 3 aromatic rings. The molecule has 0 aliphatic rings. The van der Waals surface area contributed by atoms with Crippen LogP contribution in [0.1, 0.15) is 42.4 Å². The second-order valence-electron chi connectivity index (χ2n) is 9.11. The van der Waals surface area contributed by atoms with Gasteiger partial charge in [0, 0.05) is 18.5 Å². The Bertz CT molecular complexity index is 1390. The highest BCUT2D eigenvalue weighted by atomic mass is 32.2. The smallest absolute Gasteiger partial charge is 0.305 e. The fourth-order valence-corrected chi connectivity index (χ4v) is 5.14. The molecule has 0 aliphatic carbocycles. The third-order valence-corrected chi connectivity index (χ3v) is 7.39. The van der Waals surface area contributed by atoms with Crippen molar-refractivity contribution in [3.05, 3.63) is 89.5 Å². The molecule has 0 saturated heterocycles. The predicted molar refractivity (Wildman–Crippen MR) is 157 cm³/mol. The number of nitrogens with one attached hydrogen (secondary N) is 3. The summed E-state index contributed by atoms with van der Waals surface area (Å²) in [6, 6.07) is 21.5. The molecule has 0 aliphatic heterocycles. The zero-order chi connectivity index (χ0) is 28.3. The summed E-state index contributed by atoms with van der Waals surface area (Å²) in [5.41, 5.74) is 4.10. The highest BCUT2D eigenvalue weighted by Crippen LogP contribution is 2.22. The number of anilines is 2. The third kappa shape index (κ3) is 10.1. The Balaban J connectivity index is 1.36. The Morgan fingerprint density at radius 3 is 2.31 bits per heavy atom. The normalized spacial score (nSPS) is 10.9. The van der Waals surface area contributed by atoms with Gasteiger partial charge in [-0.25, -0.2) is 8.42 Å². The zero-order valence-corrected chi connectivity index (χ0v) is 23.7. The summed E-state index contributed by atoms with van der Waals surface area (Å²) in [5.74, 6) is -0.667. The summed E-state index contributed by atoms with van der Waals surface area (Å²) < 4.78 is 33.3. The molecule has 206 valence electrons. The molecule has 0 spiro atoms. The van der Waals surface area contributed by atoms with Crippen LogP contribution >= 0.6 is 12.2 Å². The fraction of sp³-hybridized carbons (Fsp3) is 0.276. The number of rotatable bonds is 12. The van der Waals surface area contributed by atoms with Crippen LogP contribution < -0.4 is 15.4 Å². The largest absolute Gasteiger partial charge is 0.466 e. The van der Waals surface area contributed by atoms with Crippen LogP contribution in [0.5, 0.6) is 0 Å². The number of benzene rings is 3. The summed E-state index contributed by atoms with van der Waals surface area (Å²) >= 11 is 5.18. The minimum Gasteiger partial charge on any atom is -0.466 e. The number of aryl methyl sites for hydroxylation is 3. The van der Waals surface area contributed by atoms with Gasteiger partial charge in [-0.15, -0.1) is 0 Å². The van der Waals surface area contributed by atoms with Crippen LogP contribution in [0.4, 0.5) is 11.4 Å². The minimum absolute atomic E-state index is 0.0764. The lowest BCUT2D eigenvalue weighted by Crippen LogP contribution is -2.34. The molecular formula is C29H33N3O5S2. The van der Waals surface area contributed by atoms with E-state index in [1.165, 1.54) is 17.7 Å². The number of esters is 1. The van der Waals surface area contributed by atoms with Crippen molar-refractivity contribution in [2.45, 2.75) is 50.8 Å². The number of hydrogen-bond acceptors (Lipinski definition) is 6. The fourth-order valence-electron chi connectivity index (χ4n) is 3.77. The molecule has 8 nitrogen and oxygen atoms in total. The van der Waals surface area contributed by atoms with Gasteiger partial charge in [-0.1, -0.05) is 48.0 Å². The van der Waals surface area contributed by atoms with Gasteiger partial charge in [0.05, 0.1) is 17.2 Å². The molecule has 10 heteroatoms. The molecule has 1 amide bonds. The molecule has 3 aromatic carbocycles. The van der Waals surface area contributed by atoms with E-state index >= 15 is 0 Å². The Hall–Kier alpha value is -3.76. The maximum absolute atomic E-state index is 12.8. The number of ether oxygens (including phenoxy) is 1. The topological polar surface area (TPSA) is 114 Å². The molecule has 0 bridgehead atoms. The monoisotopic (exact) mass is 567 g/mol. The van der Waals surface area contributed by atoms with Gasteiger partial charge < -0.3 is 15.4 Å². The summed E-state index contributed by atoms with van der Waals surface area (Å²) in [6.07, 6.45) is 2.18. The molecule has 39 heavy (non-hydrogen) atoms. The lowest BCUT2D eigenvalue weighted by atomic mass is 10.1. The van der Waals surface area contributed by atoms with Gasteiger partial charge in [0.25, 0.3) is 10.0 Å². The van der Waals surface area contributed by atoms with Crippen molar-refractivity contribution in [2.75, 3.05) is 16.6 Å². The number of sulfonamides is 1. The van der Waals surface area contributed by atoms with E-state index in [2.05, 4.69) is 15.4 Å². The first kappa shape index (κ1) is 29.8. The van der Waals surface area contributed by atoms with Crippen molar-refractivity contribution in [1.29, 1.82) is 0 Å². The van der Waals surface area contributed by atoms with E-state index in [1.54, 1.807) is 18.2 Å². The second-order valence-corrected chi connectivity index (χ2v) is 11.2. The zero-order valence-electron chi connectivity index (χ0n) is 22.0. The summed E-state index contributed by atoms with van der Waals surface area (Å²) in [5, 5.41) is 5.49. The van der Waals surface area contributed by atoms with Crippen molar-refractivity contribution in [1.82, 2.24) is 5.32 Å². The van der Waals surface area contributed by atoms with Gasteiger partial charge in [0.1, 0.15) is 0 Å². The standard InChI is InChI=1S/C29H33N3O5S2/c1-21-13-18-26(22(2)20-21)32-39(35,36)25-16-14-24(15-17-25)30-29(38)31-27(33)11-6-12-28(34)37-19-7-10-23-8-4-3-5-9-23/h3-5,8-9,13-18,20,32H,6-7,10-12,19H2,1-2H3,(H2,30,31,33,38). The van der Waals surface area contributed by atoms with E-state index in [0.29, 0.717) is 24.4 Å². The highest BCUT2D eigenvalue weighted by molar-refractivity contribution is 7.92. The van der Waals surface area contributed by atoms with Gasteiger partial charge >= 0.3 is 5.97 Å². The second kappa shape index (κ2) is 14.4. The van der Waals surface area contributed by atoms with E-state index < -0.39 is 10.0 Å². The first-order valence-electron chi connectivity index (χ1n) is 12.6. The molecular weight excluding hydrogens is 534 g/mol. The van der Waals surface area contributed by atoms with Crippen molar-refractivity contribution in [3.63, 3.8) is 0 Å². The third-order valence-electron chi connectivity index (χ3n) is 5.80. The minimum atomic E-state index is -3.77. The number of amides is 1. The summed E-state index contributed by atoms with van der Waals surface area (Å²) in [7, 11) is -3.77. The first-order chi connectivity index (χ1) is 18.6. The van der Waals surface area contributed by atoms with E-state index in [4.69, 9.17) is 17.0 Å². The molecule has 0 fully saturated rings. The lowest BCUT2D eigenvalue weighted by molar-refractivity contribution is -0.143. The maximum Gasteiger partial charge on any atom is 0.305 e. The molecule has 0 aromatic heterocycles. The lowest BCUT2D eigenvalue weighted by Gasteiger charge is -2.13. The number of hydrogen-bond donors (Lipinski definition) is 3. The number of carbonyl (C=O) groups excluding carboxylic acids is 2. The van der Waals surface area contributed by atoms with Crippen molar-refractivity contribution in [3.8, 4) is 0 Å². The van der Waals surface area contributed by atoms with Crippen LogP contribution in [0, 0.1) is 13.8 Å². The van der Waals surface area contributed by atoms with Gasteiger partial charge in [0.15, 0.2) is 5.11 Å². The summed E-state index contributed by atoms with van der Waals surface area (Å²) in [4.78, 5) is 24.2. The van der Waals surface area contributed by atoms with Gasteiger partial charge in [-0.2, -0.15) is 0 Å². The molecule has 0 saturated carbocycles. The van der Waals surface area contributed by atoms with Gasteiger partial charge in [-0.3, -0.25) is 14.3 Å². The molecule has 3 N–H and O–H groups in total. The Morgan fingerprint density at radius 2 is 1.62 bits per heavy atom. The van der Waals surface area contributed by atoms with Crippen LogP contribution in [0.3, 0.4) is 0 Å². The van der Waals surface area contributed by atoms with E-state index in [1.807, 2.05) is 56.3 Å². The van der Waals surface area contributed by atoms with E-state index in [9.17, 15) is 18.0 Å². The Morgan fingerprint density at radius 1 is 0.897 bits per heavy atom. The SMILES string of the molecule is Cc1ccc(NS(=O)(=O)c2ccc(NC(=S)NC(=O)CCCC(=O)OCCCc3ccccc3)cc2)c(C)c1. The average Bonchev–Trinajstić information content (AvgIpc) is 2.89. The Kier molecular flexibility index (Phi) is 11.0. The van der Waals surface area contributed by atoms with Gasteiger partial charge in [0.2, 0.25) is 5.91 Å². The number of thiocarbonyl (C=S) groups is 1. The quantitative estimate of drug-likeness (QED) is 0.155. The van der Waals surface area contributed by atoms with E-state index in [-0.39, 0.29) is 34.7 Å². The van der Waals surface area contributed by atoms with Crippen LogP contribution in [0.2, 0.25) is 0 Å². The average molecular weight is 568 g/mol. The van der Waals surface area contributed by atoms with Gasteiger partial charge in [-0.05, 0) is 86.8 Å². The summed E-state index contributed by atoms with van der Waals surface area (Å²) in [6.45, 7) is 4.12. The van der Waals surface area contributed by atoms with Crippen molar-refractivity contribution >= 4 is 50.6 Å². The molecule has 3 rings (SSSR count). The van der Waals surface area contributed by atoms with E-state index in [0.717, 1.165) is 24.0 Å². The maximum atomic E-state index is 12.8. The molecule has 0 heterocycles. The number of carbonyl (C=O) groups is 2. The molecule has 0 atom stereocenters. The van der Waals surface area contributed by atoms with Crippen LogP contribution in [-0.2, 0) is 30.8 Å². The van der Waals surface area contributed by atoms with Crippen LogP contribution in [-0.4, -0.2) is 32.0 Å². The molecule has 0 radical (unpaired) electrons. The predicted octanol–water partition coefficient (Wildman–Crippen LogP) is 5.26. The highest BCUT2D eigenvalue weighted by Gasteiger charge is 2.16.